The Morgan fingerprint density at radius 2 is 1.21 bits per heavy atom. The van der Waals surface area contributed by atoms with Crippen molar-refractivity contribution < 1.29 is 19.1 Å². The number of hydrogen-bond acceptors (Lipinski definition) is 10. The third kappa shape index (κ3) is 20.6. The molecule has 1 saturated heterocycles. The molecule has 4 aromatic carbocycles. The van der Waals surface area contributed by atoms with E-state index in [1.54, 1.807) is 0 Å². The SMILES string of the molecule is CC.CC.CC.NC(N)=S.Nc1nc(-c2ccccc2)cs1.O=C(CBr)c1ccccc1.O=C(Nc1nc(-c2ccccc2)cs1)[C@@H]1CCCN1C(=O)OCc1ccccc1. The summed E-state index contributed by atoms with van der Waals surface area (Å²) < 4.78 is 5.40. The molecule has 0 bridgehead atoms. The van der Waals surface area contributed by atoms with Gasteiger partial charge < -0.3 is 27.3 Å². The number of nitrogens with two attached hydrogens (primary N) is 3. The van der Waals surface area contributed by atoms with E-state index in [4.69, 9.17) is 10.5 Å². The van der Waals surface area contributed by atoms with Gasteiger partial charge in [-0.05, 0) is 30.6 Å². The minimum Gasteiger partial charge on any atom is -0.445 e. The molecule has 7 N–H and O–H groups in total. The predicted octanol–water partition coefficient (Wildman–Crippen LogP) is 11.5. The van der Waals surface area contributed by atoms with Gasteiger partial charge in [0.1, 0.15) is 12.6 Å². The number of ketones is 1. The topological polar surface area (TPSA) is 180 Å². The van der Waals surface area contributed by atoms with Crippen molar-refractivity contribution in [1.29, 1.82) is 0 Å². The number of hydrogen-bond donors (Lipinski definition) is 4. The maximum absolute atomic E-state index is 12.8. The smallest absolute Gasteiger partial charge is 0.410 e. The van der Waals surface area contributed by atoms with Gasteiger partial charge >= 0.3 is 6.09 Å². The highest BCUT2D eigenvalue weighted by molar-refractivity contribution is 9.09. The van der Waals surface area contributed by atoms with Gasteiger partial charge in [-0.1, -0.05) is 179 Å². The summed E-state index contributed by atoms with van der Waals surface area (Å²) >= 11 is 10.0. The van der Waals surface area contributed by atoms with Crippen LogP contribution < -0.4 is 22.5 Å². The van der Waals surface area contributed by atoms with E-state index in [9.17, 15) is 14.4 Å². The molecule has 0 saturated carbocycles. The Morgan fingerprint density at radius 3 is 1.69 bits per heavy atom. The number of rotatable bonds is 8. The van der Waals surface area contributed by atoms with Gasteiger partial charge in [-0.25, -0.2) is 14.8 Å². The summed E-state index contributed by atoms with van der Waals surface area (Å²) in [6, 6.07) is 38.0. The Balaban J connectivity index is 0.000000477. The van der Waals surface area contributed by atoms with Crippen molar-refractivity contribution in [2.24, 2.45) is 11.5 Å². The first-order valence-electron chi connectivity index (χ1n) is 19.9. The number of thiazole rings is 2. The molecule has 0 radical (unpaired) electrons. The van der Waals surface area contributed by atoms with E-state index in [0.29, 0.717) is 28.6 Å². The zero-order chi connectivity index (χ0) is 45.4. The standard InChI is InChI=1S/C22H21N3O3S.C9H8N2S.C8H7BrO.3C2H6.CH4N2S/c26-20(24-21-23-18(15-29-21)17-10-5-2-6-11-17)19-12-7-13-25(19)22(27)28-14-16-8-3-1-4-9-16;10-9-11-8(6-12-9)7-4-2-1-3-5-7;9-6-8(10)7-4-2-1-3-5-7;3*1-2;2-1(3)4/h1-6,8-11,15,19H,7,12-14H2,(H,23,24,26);1-6H,(H2,10,11);1-5H,6H2;3*1-2H3;(H4,2,3,4)/t19-;;;;;;/m0....../s1. The van der Waals surface area contributed by atoms with Crippen LogP contribution in [0.3, 0.4) is 0 Å². The first-order chi connectivity index (χ1) is 29.6. The third-order valence-corrected chi connectivity index (χ3v) is 9.55. The molecule has 0 unspecified atom stereocenters. The quantitative estimate of drug-likeness (QED) is 0.0652. The predicted molar refractivity (Wildman–Crippen MR) is 264 cm³/mol. The Hall–Kier alpha value is -5.48. The lowest BCUT2D eigenvalue weighted by Crippen LogP contribution is -2.43. The van der Waals surface area contributed by atoms with E-state index in [2.05, 4.69) is 54.9 Å². The van der Waals surface area contributed by atoms with Crippen molar-refractivity contribution in [2.75, 3.05) is 22.9 Å². The van der Waals surface area contributed by atoms with Gasteiger partial charge in [-0.3, -0.25) is 14.5 Å². The van der Waals surface area contributed by atoms with Crippen LogP contribution in [0, 0.1) is 0 Å². The zero-order valence-corrected chi connectivity index (χ0v) is 39.7. The van der Waals surface area contributed by atoms with Gasteiger partial charge in [-0.2, -0.15) is 0 Å². The second-order valence-corrected chi connectivity index (χ2v) is 14.3. The van der Waals surface area contributed by atoms with Gasteiger partial charge in [0.05, 0.1) is 16.7 Å². The van der Waals surface area contributed by atoms with Crippen molar-refractivity contribution in [2.45, 2.75) is 67.0 Å². The molecule has 61 heavy (non-hydrogen) atoms. The van der Waals surface area contributed by atoms with Crippen LogP contribution in [0.15, 0.2) is 132 Å². The molecule has 11 nitrogen and oxygen atoms in total. The van der Waals surface area contributed by atoms with E-state index in [1.165, 1.54) is 27.6 Å². The summed E-state index contributed by atoms with van der Waals surface area (Å²) in [4.78, 5) is 46.4. The largest absolute Gasteiger partial charge is 0.445 e. The number of Topliss-reactive ketones (excluding diaryl/α,β-unsaturated/α-hetero) is 1. The summed E-state index contributed by atoms with van der Waals surface area (Å²) in [5, 5.41) is 8.27. The number of nitrogens with one attached hydrogen (secondary N) is 1. The van der Waals surface area contributed by atoms with Gasteiger partial charge in [0.2, 0.25) is 5.91 Å². The highest BCUT2D eigenvalue weighted by atomic mass is 79.9. The first-order valence-corrected chi connectivity index (χ1v) is 23.2. The molecular formula is C46H58BrN7O4S3. The highest BCUT2D eigenvalue weighted by Gasteiger charge is 2.35. The maximum atomic E-state index is 12.8. The van der Waals surface area contributed by atoms with Crippen LogP contribution in [0.25, 0.3) is 22.5 Å². The minimum atomic E-state index is -0.539. The van der Waals surface area contributed by atoms with Crippen LogP contribution in [-0.4, -0.2) is 55.7 Å². The van der Waals surface area contributed by atoms with E-state index in [-0.39, 0.29) is 23.4 Å². The molecule has 7 rings (SSSR count). The van der Waals surface area contributed by atoms with Crippen molar-refractivity contribution in [1.82, 2.24) is 14.9 Å². The number of likely N-dealkylation sites (tertiary alicyclic amines) is 1. The number of thiocarbonyl (C=S) groups is 1. The van der Waals surface area contributed by atoms with Crippen LogP contribution in [-0.2, 0) is 16.1 Å². The minimum absolute atomic E-state index is 0.000000000000000222. The number of ether oxygens (including phenoxy) is 1. The monoisotopic (exact) mass is 947 g/mol. The normalized spacial score (nSPS) is 11.7. The molecule has 1 aliphatic heterocycles. The lowest BCUT2D eigenvalue weighted by molar-refractivity contribution is -0.120. The second kappa shape index (κ2) is 32.3. The molecule has 0 spiro atoms. The van der Waals surface area contributed by atoms with E-state index in [0.717, 1.165) is 40.1 Å². The second-order valence-electron chi connectivity index (χ2n) is 11.5. The average Bonchev–Trinajstić information content (AvgIpc) is 4.11. The summed E-state index contributed by atoms with van der Waals surface area (Å²) in [6.07, 6.45) is 0.921. The van der Waals surface area contributed by atoms with Crippen molar-refractivity contribution >= 4 is 84.0 Å². The third-order valence-electron chi connectivity index (χ3n) is 7.61. The molecule has 2 aromatic heterocycles. The molecule has 1 atom stereocenters. The van der Waals surface area contributed by atoms with Gasteiger partial charge in [-0.15, -0.1) is 22.7 Å². The fraction of sp³-hybridized carbons (Fsp3) is 0.261. The Morgan fingerprint density at radius 1 is 0.754 bits per heavy atom. The van der Waals surface area contributed by atoms with E-state index >= 15 is 0 Å². The molecule has 6 aromatic rings. The molecular weight excluding hydrogens is 891 g/mol. The maximum Gasteiger partial charge on any atom is 0.410 e. The number of nitrogens with zero attached hydrogens (tertiary/aromatic N) is 3. The Kier molecular flexibility index (Phi) is 28.4. The van der Waals surface area contributed by atoms with Crippen LogP contribution >= 0.6 is 50.8 Å². The lowest BCUT2D eigenvalue weighted by atomic mass is 10.2. The van der Waals surface area contributed by atoms with Crippen molar-refractivity contribution in [3.63, 3.8) is 0 Å². The molecule has 326 valence electrons. The summed E-state index contributed by atoms with van der Waals surface area (Å²) in [5.74, 6) is -0.103. The Bertz CT molecular complexity index is 2090. The van der Waals surface area contributed by atoms with Gasteiger partial charge in [0, 0.05) is 34.0 Å². The number of carbonyl (C=O) groups is 3. The number of nitrogen functional groups attached to an aromatic ring is 1. The molecule has 1 aliphatic rings. The summed E-state index contributed by atoms with van der Waals surface area (Å²) in [5.41, 5.74) is 20.3. The van der Waals surface area contributed by atoms with Crippen molar-refractivity contribution in [3.8, 4) is 22.5 Å². The van der Waals surface area contributed by atoms with E-state index in [1.807, 2.05) is 174 Å². The number of aromatic nitrogens is 2. The van der Waals surface area contributed by atoms with Gasteiger partial charge in [0.25, 0.3) is 0 Å². The average molecular weight is 949 g/mol. The number of alkyl halides is 1. The van der Waals surface area contributed by atoms with Crippen LogP contribution in [0.5, 0.6) is 0 Å². The number of amides is 2. The number of anilines is 2. The fourth-order valence-corrected chi connectivity index (χ4v) is 6.67. The lowest BCUT2D eigenvalue weighted by Gasteiger charge is -2.22. The van der Waals surface area contributed by atoms with Crippen LogP contribution in [0.2, 0.25) is 0 Å². The molecule has 15 heteroatoms. The fourth-order valence-electron chi connectivity index (χ4n) is 5.05. The molecule has 2 amide bonds. The zero-order valence-electron chi connectivity index (χ0n) is 35.6. The van der Waals surface area contributed by atoms with Crippen LogP contribution in [0.4, 0.5) is 15.1 Å². The van der Waals surface area contributed by atoms with Crippen molar-refractivity contribution in [3.05, 3.63) is 143 Å². The van der Waals surface area contributed by atoms with Gasteiger partial charge in [0.15, 0.2) is 21.2 Å². The van der Waals surface area contributed by atoms with Crippen LogP contribution in [0.1, 0.15) is 70.3 Å². The first kappa shape index (κ1) is 53.5. The Labute approximate surface area is 382 Å². The molecule has 3 heterocycles. The molecule has 0 aliphatic carbocycles. The number of carbonyl (C=O) groups excluding carboxylic acids is 3. The summed E-state index contributed by atoms with van der Waals surface area (Å²) in [7, 11) is 0. The summed E-state index contributed by atoms with van der Waals surface area (Å²) in [6.45, 7) is 12.7. The number of halogens is 1. The number of benzene rings is 4. The van der Waals surface area contributed by atoms with E-state index < -0.39 is 12.1 Å². The molecule has 1 fully saturated rings. The highest BCUT2D eigenvalue weighted by Crippen LogP contribution is 2.27.